The van der Waals surface area contributed by atoms with Crippen LogP contribution in [0.3, 0.4) is 0 Å². The Kier molecular flexibility index (Phi) is 3.76. The molecular weight excluding hydrogens is 270 g/mol. The first-order valence-corrected chi connectivity index (χ1v) is 5.67. The third-order valence-corrected chi connectivity index (χ3v) is 2.39. The molecule has 0 saturated heterocycles. The SMILES string of the molecule is CNc1nc(Cl)nc(N(C(=O)O)c2ccccc2)n1. The summed E-state index contributed by atoms with van der Waals surface area (Å²) in [4.78, 5) is 23.9. The molecule has 1 heterocycles. The van der Waals surface area contributed by atoms with Gasteiger partial charge in [0.1, 0.15) is 0 Å². The Morgan fingerprint density at radius 1 is 1.26 bits per heavy atom. The molecule has 0 radical (unpaired) electrons. The summed E-state index contributed by atoms with van der Waals surface area (Å²) in [6.07, 6.45) is -1.21. The van der Waals surface area contributed by atoms with Crippen molar-refractivity contribution in [1.29, 1.82) is 0 Å². The van der Waals surface area contributed by atoms with Crippen LogP contribution in [0.4, 0.5) is 22.4 Å². The Morgan fingerprint density at radius 3 is 2.53 bits per heavy atom. The van der Waals surface area contributed by atoms with Gasteiger partial charge in [0, 0.05) is 7.05 Å². The minimum atomic E-state index is -1.21. The quantitative estimate of drug-likeness (QED) is 0.896. The van der Waals surface area contributed by atoms with Crippen LogP contribution in [0.5, 0.6) is 0 Å². The normalized spacial score (nSPS) is 10.0. The van der Waals surface area contributed by atoms with Crippen LogP contribution in [0.25, 0.3) is 0 Å². The lowest BCUT2D eigenvalue weighted by Crippen LogP contribution is -2.26. The summed E-state index contributed by atoms with van der Waals surface area (Å²) in [7, 11) is 1.60. The number of benzene rings is 1. The first-order valence-electron chi connectivity index (χ1n) is 5.29. The number of hydrogen-bond acceptors (Lipinski definition) is 5. The van der Waals surface area contributed by atoms with Crippen molar-refractivity contribution in [3.05, 3.63) is 35.6 Å². The van der Waals surface area contributed by atoms with Crippen molar-refractivity contribution in [2.75, 3.05) is 17.3 Å². The van der Waals surface area contributed by atoms with Gasteiger partial charge in [0.15, 0.2) is 0 Å². The van der Waals surface area contributed by atoms with Crippen molar-refractivity contribution < 1.29 is 9.90 Å². The number of hydrogen-bond donors (Lipinski definition) is 2. The van der Waals surface area contributed by atoms with Crippen LogP contribution in [0.15, 0.2) is 30.3 Å². The molecule has 19 heavy (non-hydrogen) atoms. The molecule has 8 heteroatoms. The maximum absolute atomic E-state index is 11.4. The highest BCUT2D eigenvalue weighted by molar-refractivity contribution is 6.28. The third kappa shape index (κ3) is 2.89. The summed E-state index contributed by atoms with van der Waals surface area (Å²) in [5.74, 6) is 0.125. The number of para-hydroxylation sites is 1. The molecule has 0 aliphatic heterocycles. The van der Waals surface area contributed by atoms with E-state index < -0.39 is 6.09 Å². The van der Waals surface area contributed by atoms with E-state index in [1.54, 1.807) is 37.4 Å². The van der Waals surface area contributed by atoms with Crippen LogP contribution in [0.1, 0.15) is 0 Å². The molecule has 0 saturated carbocycles. The second kappa shape index (κ2) is 5.49. The van der Waals surface area contributed by atoms with Gasteiger partial charge in [-0.3, -0.25) is 0 Å². The van der Waals surface area contributed by atoms with Gasteiger partial charge in [-0.05, 0) is 23.7 Å². The summed E-state index contributed by atoms with van der Waals surface area (Å²) in [5.41, 5.74) is 0.416. The fourth-order valence-corrected chi connectivity index (χ4v) is 1.60. The first kappa shape index (κ1) is 13.0. The molecule has 2 rings (SSSR count). The highest BCUT2D eigenvalue weighted by Crippen LogP contribution is 2.23. The molecule has 1 aromatic heterocycles. The second-order valence-corrected chi connectivity index (χ2v) is 3.77. The van der Waals surface area contributed by atoms with E-state index >= 15 is 0 Å². The molecule has 0 atom stereocenters. The van der Waals surface area contributed by atoms with Crippen molar-refractivity contribution in [3.8, 4) is 0 Å². The van der Waals surface area contributed by atoms with Gasteiger partial charge in [-0.2, -0.15) is 15.0 Å². The van der Waals surface area contributed by atoms with Crippen LogP contribution in [-0.4, -0.2) is 33.2 Å². The van der Waals surface area contributed by atoms with Gasteiger partial charge >= 0.3 is 6.09 Å². The largest absolute Gasteiger partial charge is 0.464 e. The van der Waals surface area contributed by atoms with Gasteiger partial charge in [0.25, 0.3) is 0 Å². The Morgan fingerprint density at radius 2 is 1.95 bits per heavy atom. The molecule has 0 aliphatic carbocycles. The molecule has 98 valence electrons. The van der Waals surface area contributed by atoms with E-state index in [1.807, 2.05) is 0 Å². The summed E-state index contributed by atoms with van der Waals surface area (Å²) in [6.45, 7) is 0. The van der Waals surface area contributed by atoms with Gasteiger partial charge in [-0.15, -0.1) is 0 Å². The standard InChI is InChI=1S/C11H10ClN5O2/c1-13-9-14-8(12)15-10(16-9)17(11(18)19)7-5-3-2-4-6-7/h2-6H,1H3,(H,18,19)(H,13,14,15,16). The maximum atomic E-state index is 11.4. The zero-order valence-corrected chi connectivity index (χ0v) is 10.7. The lowest BCUT2D eigenvalue weighted by atomic mass is 10.3. The fourth-order valence-electron chi connectivity index (χ4n) is 1.44. The van der Waals surface area contributed by atoms with Crippen molar-refractivity contribution in [1.82, 2.24) is 15.0 Å². The molecule has 0 spiro atoms. The number of nitrogens with zero attached hydrogens (tertiary/aromatic N) is 4. The summed E-state index contributed by atoms with van der Waals surface area (Å²) in [5, 5.41) is 11.9. The molecule has 0 bridgehead atoms. The zero-order chi connectivity index (χ0) is 13.8. The molecule has 1 amide bonds. The molecular formula is C11H10ClN5O2. The Bertz CT molecular complexity index is 593. The van der Waals surface area contributed by atoms with E-state index in [-0.39, 0.29) is 17.2 Å². The number of anilines is 3. The van der Waals surface area contributed by atoms with E-state index in [1.165, 1.54) is 0 Å². The lowest BCUT2D eigenvalue weighted by molar-refractivity contribution is 0.204. The molecule has 7 nitrogen and oxygen atoms in total. The lowest BCUT2D eigenvalue weighted by Gasteiger charge is -2.17. The van der Waals surface area contributed by atoms with Crippen molar-refractivity contribution >= 4 is 35.3 Å². The number of amides is 1. The van der Waals surface area contributed by atoms with Crippen LogP contribution in [0, 0.1) is 0 Å². The van der Waals surface area contributed by atoms with Crippen LogP contribution in [-0.2, 0) is 0 Å². The van der Waals surface area contributed by atoms with Gasteiger partial charge in [0.05, 0.1) is 5.69 Å². The molecule has 2 N–H and O–H groups in total. The van der Waals surface area contributed by atoms with Gasteiger partial charge in [-0.1, -0.05) is 18.2 Å². The minimum absolute atomic E-state index is 0.0666. The van der Waals surface area contributed by atoms with Crippen LogP contribution >= 0.6 is 11.6 Å². The van der Waals surface area contributed by atoms with Gasteiger partial charge in [-0.25, -0.2) is 9.69 Å². The Balaban J connectivity index is 2.51. The van der Waals surface area contributed by atoms with Crippen molar-refractivity contribution in [2.45, 2.75) is 0 Å². The number of carbonyl (C=O) groups is 1. The summed E-state index contributed by atoms with van der Waals surface area (Å²) in [6, 6.07) is 8.47. The summed E-state index contributed by atoms with van der Waals surface area (Å²) >= 11 is 5.74. The van der Waals surface area contributed by atoms with Crippen LogP contribution in [0.2, 0.25) is 5.28 Å². The van der Waals surface area contributed by atoms with E-state index in [2.05, 4.69) is 20.3 Å². The van der Waals surface area contributed by atoms with Gasteiger partial charge in [0.2, 0.25) is 17.2 Å². The van der Waals surface area contributed by atoms with E-state index in [0.29, 0.717) is 5.69 Å². The molecule has 0 fully saturated rings. The zero-order valence-electron chi connectivity index (χ0n) is 9.91. The number of nitrogens with one attached hydrogen (secondary N) is 1. The second-order valence-electron chi connectivity index (χ2n) is 3.43. The minimum Gasteiger partial charge on any atom is -0.464 e. The van der Waals surface area contributed by atoms with E-state index in [4.69, 9.17) is 11.6 Å². The number of carboxylic acid groups (broad SMARTS) is 1. The summed E-state index contributed by atoms with van der Waals surface area (Å²) < 4.78 is 0. The Labute approximate surface area is 113 Å². The molecule has 2 aromatic rings. The van der Waals surface area contributed by atoms with Gasteiger partial charge < -0.3 is 10.4 Å². The van der Waals surface area contributed by atoms with Crippen molar-refractivity contribution in [3.63, 3.8) is 0 Å². The first-order chi connectivity index (χ1) is 9.11. The van der Waals surface area contributed by atoms with Crippen molar-refractivity contribution in [2.24, 2.45) is 0 Å². The van der Waals surface area contributed by atoms with Crippen LogP contribution < -0.4 is 10.2 Å². The maximum Gasteiger partial charge on any atom is 0.418 e. The predicted molar refractivity (Wildman–Crippen MR) is 71.0 cm³/mol. The predicted octanol–water partition coefficient (Wildman–Crippen LogP) is 2.38. The van der Waals surface area contributed by atoms with E-state index in [0.717, 1.165) is 4.90 Å². The number of halogens is 1. The highest BCUT2D eigenvalue weighted by atomic mass is 35.5. The Hall–Kier alpha value is -2.41. The smallest absolute Gasteiger partial charge is 0.418 e. The average molecular weight is 280 g/mol. The third-order valence-electron chi connectivity index (χ3n) is 2.23. The number of rotatable bonds is 3. The highest BCUT2D eigenvalue weighted by Gasteiger charge is 2.21. The van der Waals surface area contributed by atoms with E-state index in [9.17, 15) is 9.90 Å². The average Bonchev–Trinajstić information content (AvgIpc) is 2.39. The molecule has 0 aliphatic rings. The number of aromatic nitrogens is 3. The molecule has 0 unspecified atom stereocenters. The molecule has 1 aromatic carbocycles. The topological polar surface area (TPSA) is 91.2 Å². The monoisotopic (exact) mass is 279 g/mol. The fraction of sp³-hybridized carbons (Fsp3) is 0.0909.